The molecule has 0 radical (unpaired) electrons. The molecule has 2 aromatic rings. The summed E-state index contributed by atoms with van der Waals surface area (Å²) in [6.07, 6.45) is 0. The smallest absolute Gasteiger partial charge is 0.358 e. The van der Waals surface area contributed by atoms with Crippen LogP contribution in [-0.2, 0) is 0 Å². The highest BCUT2D eigenvalue weighted by Crippen LogP contribution is 2.13. The van der Waals surface area contributed by atoms with E-state index in [2.05, 4.69) is 10.3 Å². The minimum atomic E-state index is -1.08. The SMILES string of the molecule is Cc1c(C(=O)O)nnn1-c1ccc(N)cc1. The van der Waals surface area contributed by atoms with E-state index in [9.17, 15) is 4.79 Å². The summed E-state index contributed by atoms with van der Waals surface area (Å²) >= 11 is 0. The van der Waals surface area contributed by atoms with Crippen molar-refractivity contribution in [2.24, 2.45) is 0 Å². The van der Waals surface area contributed by atoms with Gasteiger partial charge in [-0.3, -0.25) is 0 Å². The van der Waals surface area contributed by atoms with Gasteiger partial charge in [0.15, 0.2) is 5.69 Å². The van der Waals surface area contributed by atoms with Crippen molar-refractivity contribution >= 4 is 11.7 Å². The maximum absolute atomic E-state index is 10.8. The van der Waals surface area contributed by atoms with E-state index in [4.69, 9.17) is 10.8 Å². The Balaban J connectivity index is 2.49. The van der Waals surface area contributed by atoms with Gasteiger partial charge < -0.3 is 10.8 Å². The van der Waals surface area contributed by atoms with Gasteiger partial charge in [-0.15, -0.1) is 5.10 Å². The van der Waals surface area contributed by atoms with Crippen molar-refractivity contribution < 1.29 is 9.90 Å². The zero-order chi connectivity index (χ0) is 11.7. The number of aromatic nitrogens is 3. The van der Waals surface area contributed by atoms with E-state index in [1.54, 1.807) is 31.2 Å². The standard InChI is InChI=1S/C10H10N4O2/c1-6-9(10(15)16)12-13-14(6)8-4-2-7(11)3-5-8/h2-5H,11H2,1H3,(H,15,16). The lowest BCUT2D eigenvalue weighted by Crippen LogP contribution is -2.02. The number of nitrogen functional groups attached to an aromatic ring is 1. The third-order valence-electron chi connectivity index (χ3n) is 2.23. The highest BCUT2D eigenvalue weighted by atomic mass is 16.4. The molecule has 0 unspecified atom stereocenters. The summed E-state index contributed by atoms with van der Waals surface area (Å²) in [6.45, 7) is 1.65. The molecule has 1 heterocycles. The van der Waals surface area contributed by atoms with Crippen LogP contribution in [0.1, 0.15) is 16.2 Å². The second kappa shape index (κ2) is 3.65. The predicted octanol–water partition coefficient (Wildman–Crippen LogP) is 0.856. The first-order valence-electron chi connectivity index (χ1n) is 4.61. The maximum Gasteiger partial charge on any atom is 0.358 e. The Morgan fingerprint density at radius 3 is 2.50 bits per heavy atom. The molecule has 0 amide bonds. The monoisotopic (exact) mass is 218 g/mol. The molecule has 0 fully saturated rings. The third-order valence-corrected chi connectivity index (χ3v) is 2.23. The molecule has 6 nitrogen and oxygen atoms in total. The van der Waals surface area contributed by atoms with Crippen molar-refractivity contribution in [3.8, 4) is 5.69 Å². The van der Waals surface area contributed by atoms with Gasteiger partial charge in [-0.2, -0.15) is 0 Å². The first kappa shape index (κ1) is 10.2. The van der Waals surface area contributed by atoms with E-state index in [1.807, 2.05) is 0 Å². The summed E-state index contributed by atoms with van der Waals surface area (Å²) in [5, 5.41) is 16.2. The fourth-order valence-corrected chi connectivity index (χ4v) is 1.39. The summed E-state index contributed by atoms with van der Waals surface area (Å²) in [5.74, 6) is -1.08. The summed E-state index contributed by atoms with van der Waals surface area (Å²) in [6, 6.07) is 6.94. The highest BCUT2D eigenvalue weighted by molar-refractivity contribution is 5.86. The lowest BCUT2D eigenvalue weighted by atomic mass is 10.2. The number of carboxylic acids is 1. The molecule has 3 N–H and O–H groups in total. The lowest BCUT2D eigenvalue weighted by Gasteiger charge is -2.02. The fourth-order valence-electron chi connectivity index (χ4n) is 1.39. The predicted molar refractivity (Wildman–Crippen MR) is 57.5 cm³/mol. The van der Waals surface area contributed by atoms with Crippen LogP contribution >= 0.6 is 0 Å². The molecular weight excluding hydrogens is 208 g/mol. The number of nitrogens with zero attached hydrogens (tertiary/aromatic N) is 3. The minimum absolute atomic E-state index is 0.0446. The number of rotatable bonds is 2. The summed E-state index contributed by atoms with van der Waals surface area (Å²) in [5.41, 5.74) is 7.36. The molecule has 6 heteroatoms. The second-order valence-corrected chi connectivity index (χ2v) is 3.33. The Kier molecular flexibility index (Phi) is 2.32. The van der Waals surface area contributed by atoms with Crippen LogP contribution in [0.5, 0.6) is 0 Å². The molecule has 16 heavy (non-hydrogen) atoms. The van der Waals surface area contributed by atoms with E-state index in [0.717, 1.165) is 5.69 Å². The number of hydrogen-bond donors (Lipinski definition) is 2. The van der Waals surface area contributed by atoms with Crippen molar-refractivity contribution in [1.82, 2.24) is 15.0 Å². The molecule has 0 bridgehead atoms. The maximum atomic E-state index is 10.8. The van der Waals surface area contributed by atoms with Crippen LogP contribution in [0.25, 0.3) is 5.69 Å². The number of hydrogen-bond acceptors (Lipinski definition) is 4. The van der Waals surface area contributed by atoms with Crippen LogP contribution in [-0.4, -0.2) is 26.1 Å². The molecule has 0 saturated carbocycles. The molecule has 1 aromatic carbocycles. The number of anilines is 1. The van der Waals surface area contributed by atoms with Crippen molar-refractivity contribution in [2.45, 2.75) is 6.92 Å². The largest absolute Gasteiger partial charge is 0.476 e. The second-order valence-electron chi connectivity index (χ2n) is 3.33. The first-order chi connectivity index (χ1) is 7.59. The minimum Gasteiger partial charge on any atom is -0.476 e. The first-order valence-corrected chi connectivity index (χ1v) is 4.61. The van der Waals surface area contributed by atoms with Gasteiger partial charge in [0.25, 0.3) is 0 Å². The number of nitrogens with two attached hydrogens (primary N) is 1. The Labute approximate surface area is 91.3 Å². The molecular formula is C10H10N4O2. The quantitative estimate of drug-likeness (QED) is 0.729. The number of aromatic carboxylic acids is 1. The average molecular weight is 218 g/mol. The Bertz CT molecular complexity index is 530. The van der Waals surface area contributed by atoms with E-state index in [-0.39, 0.29) is 5.69 Å². The van der Waals surface area contributed by atoms with Gasteiger partial charge in [-0.25, -0.2) is 9.48 Å². The Morgan fingerprint density at radius 1 is 1.38 bits per heavy atom. The molecule has 0 aliphatic heterocycles. The highest BCUT2D eigenvalue weighted by Gasteiger charge is 2.15. The Morgan fingerprint density at radius 2 is 2.00 bits per heavy atom. The molecule has 82 valence electrons. The van der Waals surface area contributed by atoms with Crippen molar-refractivity contribution in [3.05, 3.63) is 35.7 Å². The molecule has 0 aliphatic rings. The summed E-state index contributed by atoms with van der Waals surface area (Å²) in [4.78, 5) is 10.8. The zero-order valence-electron chi connectivity index (χ0n) is 8.58. The van der Waals surface area contributed by atoms with Gasteiger partial charge in [0, 0.05) is 5.69 Å². The molecule has 0 saturated heterocycles. The lowest BCUT2D eigenvalue weighted by molar-refractivity contribution is 0.0689. The number of carboxylic acid groups (broad SMARTS) is 1. The zero-order valence-corrected chi connectivity index (χ0v) is 8.58. The van der Waals surface area contributed by atoms with Crippen molar-refractivity contribution in [3.63, 3.8) is 0 Å². The van der Waals surface area contributed by atoms with Crippen LogP contribution in [0.15, 0.2) is 24.3 Å². The van der Waals surface area contributed by atoms with Gasteiger partial charge in [-0.1, -0.05) is 5.21 Å². The Hall–Kier alpha value is -2.37. The van der Waals surface area contributed by atoms with Crippen LogP contribution < -0.4 is 5.73 Å². The van der Waals surface area contributed by atoms with Gasteiger partial charge in [-0.05, 0) is 31.2 Å². The third kappa shape index (κ3) is 1.60. The van der Waals surface area contributed by atoms with E-state index < -0.39 is 5.97 Å². The fraction of sp³-hybridized carbons (Fsp3) is 0.100. The van der Waals surface area contributed by atoms with Crippen molar-refractivity contribution in [2.75, 3.05) is 5.73 Å². The van der Waals surface area contributed by atoms with E-state index >= 15 is 0 Å². The summed E-state index contributed by atoms with van der Waals surface area (Å²) < 4.78 is 1.46. The molecule has 0 aliphatic carbocycles. The molecule has 1 aromatic heterocycles. The molecule has 0 spiro atoms. The van der Waals surface area contributed by atoms with Crippen LogP contribution in [0.2, 0.25) is 0 Å². The van der Waals surface area contributed by atoms with Gasteiger partial charge in [0.2, 0.25) is 0 Å². The molecule has 2 rings (SSSR count). The normalized spacial score (nSPS) is 10.3. The van der Waals surface area contributed by atoms with Crippen LogP contribution in [0.3, 0.4) is 0 Å². The van der Waals surface area contributed by atoms with Crippen molar-refractivity contribution in [1.29, 1.82) is 0 Å². The average Bonchev–Trinajstić information content (AvgIpc) is 2.61. The number of benzene rings is 1. The molecule has 0 atom stereocenters. The van der Waals surface area contributed by atoms with Gasteiger partial charge >= 0.3 is 5.97 Å². The number of carbonyl (C=O) groups is 1. The topological polar surface area (TPSA) is 94.0 Å². The van der Waals surface area contributed by atoms with Crippen LogP contribution in [0, 0.1) is 6.92 Å². The van der Waals surface area contributed by atoms with E-state index in [0.29, 0.717) is 11.4 Å². The van der Waals surface area contributed by atoms with Gasteiger partial charge in [0.05, 0.1) is 11.4 Å². The van der Waals surface area contributed by atoms with Gasteiger partial charge in [0.1, 0.15) is 0 Å². The van der Waals surface area contributed by atoms with E-state index in [1.165, 1.54) is 4.68 Å². The van der Waals surface area contributed by atoms with Crippen LogP contribution in [0.4, 0.5) is 5.69 Å². The summed E-state index contributed by atoms with van der Waals surface area (Å²) in [7, 11) is 0.